The summed E-state index contributed by atoms with van der Waals surface area (Å²) in [7, 11) is 0. The molecule has 7 nitrogen and oxygen atoms in total. The SMILES string of the molecule is CSCCC(NC(=O)CC(CNC(=O)OCC1c2ccccc2-c2ccccc21)C1CC1)C(=O)O. The van der Waals surface area contributed by atoms with Gasteiger partial charge in [0.25, 0.3) is 0 Å². The van der Waals surface area contributed by atoms with Crippen LogP contribution >= 0.6 is 11.8 Å². The van der Waals surface area contributed by atoms with Crippen LogP contribution in [0.4, 0.5) is 4.79 Å². The third kappa shape index (κ3) is 6.36. The maximum Gasteiger partial charge on any atom is 0.407 e. The smallest absolute Gasteiger partial charge is 0.407 e. The number of carbonyl (C=O) groups excluding carboxylic acids is 2. The Kier molecular flexibility index (Phi) is 8.33. The van der Waals surface area contributed by atoms with E-state index in [0.717, 1.165) is 24.0 Å². The van der Waals surface area contributed by atoms with Crippen LogP contribution in [0.3, 0.4) is 0 Å². The molecule has 0 heterocycles. The van der Waals surface area contributed by atoms with Crippen molar-refractivity contribution in [2.45, 2.75) is 37.6 Å². The Hall–Kier alpha value is -3.00. The molecule has 2 unspecified atom stereocenters. The molecular weight excluding hydrogens is 464 g/mol. The number of nitrogens with one attached hydrogen (secondary N) is 2. The summed E-state index contributed by atoms with van der Waals surface area (Å²) in [5.41, 5.74) is 4.66. The van der Waals surface area contributed by atoms with Crippen molar-refractivity contribution >= 4 is 29.7 Å². The molecule has 4 rings (SSSR count). The second-order valence-corrected chi connectivity index (χ2v) is 10.2. The molecule has 1 fully saturated rings. The maximum absolute atomic E-state index is 12.5. The molecule has 0 aromatic heterocycles. The monoisotopic (exact) mass is 496 g/mol. The van der Waals surface area contributed by atoms with Crippen LogP contribution < -0.4 is 10.6 Å². The molecular formula is C27H32N2O5S. The summed E-state index contributed by atoms with van der Waals surface area (Å²) in [5.74, 6) is -0.328. The van der Waals surface area contributed by atoms with Gasteiger partial charge in [0, 0.05) is 18.9 Å². The Balaban J connectivity index is 1.28. The van der Waals surface area contributed by atoms with Crippen molar-refractivity contribution in [3.05, 3.63) is 59.7 Å². The molecule has 3 N–H and O–H groups in total. The lowest BCUT2D eigenvalue weighted by Crippen LogP contribution is -2.43. The molecule has 0 aliphatic heterocycles. The van der Waals surface area contributed by atoms with Gasteiger partial charge in [-0.15, -0.1) is 0 Å². The zero-order valence-electron chi connectivity index (χ0n) is 19.9. The number of rotatable bonds is 12. The highest BCUT2D eigenvalue weighted by Crippen LogP contribution is 2.44. The summed E-state index contributed by atoms with van der Waals surface area (Å²) in [5, 5.41) is 14.8. The molecule has 0 bridgehead atoms. The van der Waals surface area contributed by atoms with Gasteiger partial charge in [0.2, 0.25) is 5.91 Å². The van der Waals surface area contributed by atoms with E-state index in [2.05, 4.69) is 34.9 Å². The molecule has 0 radical (unpaired) electrons. The van der Waals surface area contributed by atoms with Crippen LogP contribution in [0.2, 0.25) is 0 Å². The Morgan fingerprint density at radius 2 is 1.69 bits per heavy atom. The van der Waals surface area contributed by atoms with E-state index in [1.54, 1.807) is 11.8 Å². The number of carboxylic acid groups (broad SMARTS) is 1. The number of aliphatic carboxylic acids is 1. The van der Waals surface area contributed by atoms with Gasteiger partial charge in [-0.2, -0.15) is 11.8 Å². The highest BCUT2D eigenvalue weighted by Gasteiger charge is 2.34. The van der Waals surface area contributed by atoms with Crippen LogP contribution in [0, 0.1) is 11.8 Å². The van der Waals surface area contributed by atoms with Crippen LogP contribution in [0.1, 0.15) is 42.7 Å². The Morgan fingerprint density at radius 1 is 1.06 bits per heavy atom. The van der Waals surface area contributed by atoms with Crippen LogP contribution in [-0.2, 0) is 14.3 Å². The van der Waals surface area contributed by atoms with Crippen LogP contribution in [0.15, 0.2) is 48.5 Å². The highest BCUT2D eigenvalue weighted by atomic mass is 32.2. The average molecular weight is 497 g/mol. The third-order valence-corrected chi connectivity index (χ3v) is 7.48. The van der Waals surface area contributed by atoms with E-state index in [1.165, 1.54) is 11.1 Å². The molecule has 2 atom stereocenters. The molecule has 2 aromatic rings. The van der Waals surface area contributed by atoms with E-state index in [4.69, 9.17) is 4.74 Å². The van der Waals surface area contributed by atoms with Crippen molar-refractivity contribution in [3.8, 4) is 11.1 Å². The normalized spacial score (nSPS) is 16.0. The molecule has 0 saturated heterocycles. The number of thioether (sulfide) groups is 1. The molecule has 186 valence electrons. The van der Waals surface area contributed by atoms with Crippen LogP contribution in [0.25, 0.3) is 11.1 Å². The molecule has 8 heteroatoms. The summed E-state index contributed by atoms with van der Waals surface area (Å²) in [4.78, 5) is 36.5. The second-order valence-electron chi connectivity index (χ2n) is 9.25. The second kappa shape index (κ2) is 11.6. The number of fused-ring (bicyclic) bond motifs is 3. The number of hydrogen-bond acceptors (Lipinski definition) is 5. The predicted octanol–water partition coefficient (Wildman–Crippen LogP) is 4.26. The van der Waals surface area contributed by atoms with Gasteiger partial charge in [0.1, 0.15) is 12.6 Å². The molecule has 2 amide bonds. The summed E-state index contributed by atoms with van der Waals surface area (Å²) in [6.07, 6.45) is 4.00. The lowest BCUT2D eigenvalue weighted by atomic mass is 9.98. The fraction of sp³-hybridized carbons (Fsp3) is 0.444. The number of hydrogen-bond donors (Lipinski definition) is 3. The van der Waals surface area contributed by atoms with E-state index in [9.17, 15) is 19.5 Å². The molecule has 2 aromatic carbocycles. The van der Waals surface area contributed by atoms with Gasteiger partial charge in [0.05, 0.1) is 0 Å². The summed E-state index contributed by atoms with van der Waals surface area (Å²) < 4.78 is 5.60. The summed E-state index contributed by atoms with van der Waals surface area (Å²) in [6, 6.07) is 15.5. The Labute approximate surface area is 210 Å². The first-order chi connectivity index (χ1) is 17.0. The molecule has 2 aliphatic rings. The Morgan fingerprint density at radius 3 is 2.26 bits per heavy atom. The number of carbonyl (C=O) groups is 3. The van der Waals surface area contributed by atoms with Crippen molar-refractivity contribution in [1.82, 2.24) is 10.6 Å². The van der Waals surface area contributed by atoms with Gasteiger partial charge in [0.15, 0.2) is 0 Å². The summed E-state index contributed by atoms with van der Waals surface area (Å²) in [6.45, 7) is 0.571. The molecule has 35 heavy (non-hydrogen) atoms. The van der Waals surface area contributed by atoms with E-state index in [-0.39, 0.29) is 30.8 Å². The zero-order chi connectivity index (χ0) is 24.8. The Bertz CT molecular complexity index is 1030. The summed E-state index contributed by atoms with van der Waals surface area (Å²) >= 11 is 1.54. The van der Waals surface area contributed by atoms with Crippen molar-refractivity contribution in [3.63, 3.8) is 0 Å². The van der Waals surface area contributed by atoms with Crippen molar-refractivity contribution in [2.75, 3.05) is 25.2 Å². The largest absolute Gasteiger partial charge is 0.480 e. The van der Waals surface area contributed by atoms with Gasteiger partial charge in [-0.25, -0.2) is 9.59 Å². The maximum atomic E-state index is 12.5. The van der Waals surface area contributed by atoms with Crippen molar-refractivity contribution in [1.29, 1.82) is 0 Å². The minimum absolute atomic E-state index is 0.00704. The number of amides is 2. The first kappa shape index (κ1) is 25.1. The van der Waals surface area contributed by atoms with Crippen LogP contribution in [-0.4, -0.2) is 54.3 Å². The number of alkyl carbamates (subject to hydrolysis) is 1. The molecule has 1 saturated carbocycles. The fourth-order valence-electron chi connectivity index (χ4n) is 4.82. The molecule has 2 aliphatic carbocycles. The van der Waals surface area contributed by atoms with E-state index in [1.807, 2.05) is 30.5 Å². The van der Waals surface area contributed by atoms with E-state index in [0.29, 0.717) is 24.6 Å². The van der Waals surface area contributed by atoms with Crippen LogP contribution in [0.5, 0.6) is 0 Å². The standard InChI is InChI=1S/C27H32N2O5S/c1-35-13-12-24(26(31)32)29-25(30)14-18(17-10-11-17)15-28-27(33)34-16-23-21-8-4-2-6-19(21)20-7-3-5-9-22(20)23/h2-9,17-18,23-24H,10-16H2,1H3,(H,28,33)(H,29,30)(H,31,32). The van der Waals surface area contributed by atoms with Gasteiger partial charge in [-0.05, 0) is 65.4 Å². The average Bonchev–Trinajstić information content (AvgIpc) is 3.65. The topological polar surface area (TPSA) is 105 Å². The van der Waals surface area contributed by atoms with Gasteiger partial charge in [-0.3, -0.25) is 4.79 Å². The van der Waals surface area contributed by atoms with Gasteiger partial charge in [-0.1, -0.05) is 48.5 Å². The predicted molar refractivity (Wildman–Crippen MR) is 136 cm³/mol. The minimum atomic E-state index is -1.02. The number of ether oxygens (including phenoxy) is 1. The first-order valence-electron chi connectivity index (χ1n) is 12.1. The number of benzene rings is 2. The van der Waals surface area contributed by atoms with Crippen molar-refractivity contribution in [2.24, 2.45) is 11.8 Å². The first-order valence-corrected chi connectivity index (χ1v) is 13.5. The van der Waals surface area contributed by atoms with E-state index >= 15 is 0 Å². The van der Waals surface area contributed by atoms with Gasteiger partial charge >= 0.3 is 12.1 Å². The number of carboxylic acids is 1. The minimum Gasteiger partial charge on any atom is -0.480 e. The lowest BCUT2D eigenvalue weighted by molar-refractivity contribution is -0.142. The van der Waals surface area contributed by atoms with E-state index < -0.39 is 18.1 Å². The van der Waals surface area contributed by atoms with Gasteiger partial charge < -0.3 is 20.5 Å². The van der Waals surface area contributed by atoms with Crippen molar-refractivity contribution < 1.29 is 24.2 Å². The zero-order valence-corrected chi connectivity index (χ0v) is 20.7. The quantitative estimate of drug-likeness (QED) is 0.406. The lowest BCUT2D eigenvalue weighted by Gasteiger charge is -2.20. The molecule has 0 spiro atoms. The fourth-order valence-corrected chi connectivity index (χ4v) is 5.29. The highest BCUT2D eigenvalue weighted by molar-refractivity contribution is 7.98. The third-order valence-electron chi connectivity index (χ3n) is 6.83.